The van der Waals surface area contributed by atoms with E-state index in [9.17, 15) is 8.42 Å². The van der Waals surface area contributed by atoms with E-state index >= 15 is 0 Å². The van der Waals surface area contributed by atoms with E-state index in [-0.39, 0.29) is 5.75 Å². The number of anilines is 1. The monoisotopic (exact) mass is 246 g/mol. The van der Waals surface area contributed by atoms with E-state index < -0.39 is 10.0 Å². The van der Waals surface area contributed by atoms with Crippen LogP contribution in [-0.4, -0.2) is 38.0 Å². The van der Waals surface area contributed by atoms with Gasteiger partial charge in [0.2, 0.25) is 10.0 Å². The second-order valence-electron chi connectivity index (χ2n) is 3.69. The Balaban J connectivity index is 2.66. The van der Waals surface area contributed by atoms with Gasteiger partial charge in [0.15, 0.2) is 0 Å². The first-order valence-corrected chi connectivity index (χ1v) is 6.78. The molecule has 1 aromatic heterocycles. The molecule has 0 aliphatic rings. The lowest BCUT2D eigenvalue weighted by Gasteiger charge is -2.07. The first kappa shape index (κ1) is 13.0. The van der Waals surface area contributed by atoms with Crippen LogP contribution in [0.2, 0.25) is 0 Å². The summed E-state index contributed by atoms with van der Waals surface area (Å²) >= 11 is 0. The highest BCUT2D eigenvalue weighted by molar-refractivity contribution is 7.92. The average molecular weight is 246 g/mol. The van der Waals surface area contributed by atoms with Crippen LogP contribution >= 0.6 is 0 Å². The van der Waals surface area contributed by atoms with Crippen molar-refractivity contribution in [1.82, 2.24) is 15.5 Å². The van der Waals surface area contributed by atoms with Crippen molar-refractivity contribution < 1.29 is 8.42 Å². The summed E-state index contributed by atoms with van der Waals surface area (Å²) < 4.78 is 25.9. The Morgan fingerprint density at radius 2 is 2.06 bits per heavy atom. The standard InChI is InChI=1S/C9H18N4O2S/c1-7-9(8(2)12-11-7)13-16(14,15)6-4-5-10-3/h10,13H,4-6H2,1-3H3,(H,11,12). The van der Waals surface area contributed by atoms with Gasteiger partial charge in [-0.2, -0.15) is 5.10 Å². The van der Waals surface area contributed by atoms with Crippen LogP contribution in [0.3, 0.4) is 0 Å². The van der Waals surface area contributed by atoms with Crippen molar-refractivity contribution in [2.24, 2.45) is 0 Å². The van der Waals surface area contributed by atoms with Crippen molar-refractivity contribution in [3.8, 4) is 0 Å². The van der Waals surface area contributed by atoms with Gasteiger partial charge in [-0.15, -0.1) is 0 Å². The van der Waals surface area contributed by atoms with Crippen LogP contribution in [0.25, 0.3) is 0 Å². The molecular weight excluding hydrogens is 228 g/mol. The predicted octanol–water partition coefficient (Wildman–Crippen LogP) is 0.378. The van der Waals surface area contributed by atoms with Gasteiger partial charge in [-0.3, -0.25) is 9.82 Å². The van der Waals surface area contributed by atoms with Crippen LogP contribution in [0.15, 0.2) is 0 Å². The Labute approximate surface area is 95.9 Å². The molecule has 3 N–H and O–H groups in total. The van der Waals surface area contributed by atoms with Crippen molar-refractivity contribution in [3.05, 3.63) is 11.4 Å². The lowest BCUT2D eigenvalue weighted by molar-refractivity contribution is 0.597. The molecule has 1 rings (SSSR count). The molecule has 0 saturated heterocycles. The zero-order valence-corrected chi connectivity index (χ0v) is 10.6. The molecular formula is C9H18N4O2S. The summed E-state index contributed by atoms with van der Waals surface area (Å²) in [6.45, 7) is 4.23. The first-order valence-electron chi connectivity index (χ1n) is 5.13. The molecule has 0 aliphatic carbocycles. The fraction of sp³-hybridized carbons (Fsp3) is 0.667. The summed E-state index contributed by atoms with van der Waals surface area (Å²) in [5.41, 5.74) is 1.95. The minimum Gasteiger partial charge on any atom is -0.320 e. The Morgan fingerprint density at radius 1 is 1.38 bits per heavy atom. The van der Waals surface area contributed by atoms with Crippen LogP contribution < -0.4 is 10.0 Å². The van der Waals surface area contributed by atoms with Crippen LogP contribution in [0.4, 0.5) is 5.69 Å². The van der Waals surface area contributed by atoms with Gasteiger partial charge in [-0.05, 0) is 33.9 Å². The number of aryl methyl sites for hydroxylation is 2. The molecule has 1 heterocycles. The zero-order valence-electron chi connectivity index (χ0n) is 9.79. The molecule has 92 valence electrons. The summed E-state index contributed by atoms with van der Waals surface area (Å²) in [5.74, 6) is 0.109. The van der Waals surface area contributed by atoms with E-state index in [0.717, 1.165) is 5.69 Å². The molecule has 0 amide bonds. The zero-order chi connectivity index (χ0) is 12.2. The maximum atomic E-state index is 11.7. The van der Waals surface area contributed by atoms with Crippen molar-refractivity contribution >= 4 is 15.7 Å². The van der Waals surface area contributed by atoms with Gasteiger partial charge in [0.1, 0.15) is 0 Å². The largest absolute Gasteiger partial charge is 0.320 e. The Kier molecular flexibility index (Phi) is 4.31. The third-order valence-electron chi connectivity index (χ3n) is 2.23. The van der Waals surface area contributed by atoms with Crippen LogP contribution in [-0.2, 0) is 10.0 Å². The first-order chi connectivity index (χ1) is 7.46. The van der Waals surface area contributed by atoms with Gasteiger partial charge in [-0.25, -0.2) is 8.42 Å². The summed E-state index contributed by atoms with van der Waals surface area (Å²) in [7, 11) is -1.48. The molecule has 0 spiro atoms. The number of rotatable bonds is 6. The fourth-order valence-electron chi connectivity index (χ4n) is 1.35. The predicted molar refractivity (Wildman–Crippen MR) is 64.0 cm³/mol. The fourth-order valence-corrected chi connectivity index (χ4v) is 2.59. The number of nitrogens with one attached hydrogen (secondary N) is 3. The Morgan fingerprint density at radius 3 is 2.56 bits per heavy atom. The van der Waals surface area contributed by atoms with E-state index in [1.165, 1.54) is 0 Å². The lowest BCUT2D eigenvalue weighted by atomic mass is 10.3. The molecule has 16 heavy (non-hydrogen) atoms. The summed E-state index contributed by atoms with van der Waals surface area (Å²) in [6, 6.07) is 0. The number of aromatic nitrogens is 2. The highest BCUT2D eigenvalue weighted by atomic mass is 32.2. The van der Waals surface area contributed by atoms with E-state index in [0.29, 0.717) is 24.3 Å². The normalized spacial score (nSPS) is 11.7. The molecule has 0 radical (unpaired) electrons. The summed E-state index contributed by atoms with van der Waals surface area (Å²) in [6.07, 6.45) is 0.585. The van der Waals surface area contributed by atoms with Crippen molar-refractivity contribution in [1.29, 1.82) is 0 Å². The smallest absolute Gasteiger partial charge is 0.232 e. The number of hydrogen-bond donors (Lipinski definition) is 3. The van der Waals surface area contributed by atoms with Gasteiger partial charge in [0.25, 0.3) is 0 Å². The van der Waals surface area contributed by atoms with Crippen molar-refractivity contribution in [2.45, 2.75) is 20.3 Å². The van der Waals surface area contributed by atoms with Gasteiger partial charge >= 0.3 is 0 Å². The summed E-state index contributed by atoms with van der Waals surface area (Å²) in [4.78, 5) is 0. The quantitative estimate of drug-likeness (QED) is 0.633. The number of aromatic amines is 1. The van der Waals surface area contributed by atoms with Gasteiger partial charge in [0.05, 0.1) is 22.8 Å². The molecule has 0 unspecified atom stereocenters. The molecule has 6 nitrogen and oxygen atoms in total. The molecule has 7 heteroatoms. The number of sulfonamides is 1. The van der Waals surface area contributed by atoms with Crippen LogP contribution in [0.1, 0.15) is 17.8 Å². The SMILES string of the molecule is CNCCCS(=O)(=O)Nc1c(C)n[nH]c1C. The van der Waals surface area contributed by atoms with E-state index in [1.807, 2.05) is 0 Å². The highest BCUT2D eigenvalue weighted by Crippen LogP contribution is 2.17. The minimum absolute atomic E-state index is 0.109. The molecule has 0 fully saturated rings. The van der Waals surface area contributed by atoms with Crippen molar-refractivity contribution in [3.63, 3.8) is 0 Å². The second-order valence-corrected chi connectivity index (χ2v) is 5.53. The third kappa shape index (κ3) is 3.49. The lowest BCUT2D eigenvalue weighted by Crippen LogP contribution is -2.20. The minimum atomic E-state index is -3.27. The Hall–Kier alpha value is -1.08. The maximum absolute atomic E-state index is 11.7. The van der Waals surface area contributed by atoms with E-state index in [2.05, 4.69) is 20.2 Å². The number of H-pyrrole nitrogens is 1. The number of nitrogens with zero attached hydrogens (tertiary/aromatic N) is 1. The van der Waals surface area contributed by atoms with Gasteiger partial charge in [-0.1, -0.05) is 0 Å². The maximum Gasteiger partial charge on any atom is 0.232 e. The van der Waals surface area contributed by atoms with Crippen LogP contribution in [0, 0.1) is 13.8 Å². The van der Waals surface area contributed by atoms with E-state index in [4.69, 9.17) is 0 Å². The van der Waals surface area contributed by atoms with Gasteiger partial charge < -0.3 is 5.32 Å². The molecule has 0 atom stereocenters. The van der Waals surface area contributed by atoms with Crippen LogP contribution in [0.5, 0.6) is 0 Å². The Bertz CT molecular complexity index is 419. The molecule has 0 saturated carbocycles. The number of hydrogen-bond acceptors (Lipinski definition) is 4. The van der Waals surface area contributed by atoms with Gasteiger partial charge in [0, 0.05) is 0 Å². The van der Waals surface area contributed by atoms with Crippen molar-refractivity contribution in [2.75, 3.05) is 24.1 Å². The molecule has 0 bridgehead atoms. The molecule has 1 aromatic rings. The van der Waals surface area contributed by atoms with E-state index in [1.54, 1.807) is 20.9 Å². The second kappa shape index (κ2) is 5.31. The summed E-state index contributed by atoms with van der Waals surface area (Å²) in [5, 5.41) is 9.58. The average Bonchev–Trinajstić information content (AvgIpc) is 2.49. The molecule has 0 aromatic carbocycles. The molecule has 0 aliphatic heterocycles. The third-order valence-corrected chi connectivity index (χ3v) is 3.57. The highest BCUT2D eigenvalue weighted by Gasteiger charge is 2.14. The topological polar surface area (TPSA) is 86.9 Å².